The van der Waals surface area contributed by atoms with Crippen LogP contribution in [0.4, 0.5) is 11.4 Å². The van der Waals surface area contributed by atoms with Crippen LogP contribution >= 0.6 is 0 Å². The SMILES string of the molecule is CC(=O)Nc1cccc(N=O)c1. The maximum absolute atomic E-state index is 10.6. The normalized spacial score (nSPS) is 9.08. The maximum atomic E-state index is 10.6. The molecule has 0 aliphatic carbocycles. The Morgan fingerprint density at radius 3 is 2.83 bits per heavy atom. The molecule has 12 heavy (non-hydrogen) atoms. The van der Waals surface area contributed by atoms with Gasteiger partial charge in [-0.15, -0.1) is 4.91 Å². The van der Waals surface area contributed by atoms with Gasteiger partial charge in [0.25, 0.3) is 0 Å². The van der Waals surface area contributed by atoms with E-state index in [4.69, 9.17) is 0 Å². The monoisotopic (exact) mass is 164 g/mol. The molecule has 0 radical (unpaired) electrons. The molecular formula is C8H8N2O2. The van der Waals surface area contributed by atoms with Gasteiger partial charge in [0.05, 0.1) is 0 Å². The molecule has 0 atom stereocenters. The topological polar surface area (TPSA) is 58.5 Å². The first-order valence-electron chi connectivity index (χ1n) is 3.43. The zero-order chi connectivity index (χ0) is 8.97. The first-order valence-corrected chi connectivity index (χ1v) is 3.43. The van der Waals surface area contributed by atoms with Crippen molar-refractivity contribution in [2.45, 2.75) is 6.92 Å². The van der Waals surface area contributed by atoms with Crippen molar-refractivity contribution in [2.24, 2.45) is 5.18 Å². The number of nitrogens with zero attached hydrogens (tertiary/aromatic N) is 1. The Balaban J connectivity index is 2.86. The zero-order valence-electron chi connectivity index (χ0n) is 6.57. The van der Waals surface area contributed by atoms with Crippen molar-refractivity contribution in [2.75, 3.05) is 5.32 Å². The number of nitroso groups, excluding NO2 is 1. The molecule has 0 heterocycles. The molecule has 62 valence electrons. The molecule has 0 unspecified atom stereocenters. The summed E-state index contributed by atoms with van der Waals surface area (Å²) in [5.74, 6) is -0.168. The molecule has 0 fully saturated rings. The van der Waals surface area contributed by atoms with Gasteiger partial charge in [-0.05, 0) is 23.4 Å². The summed E-state index contributed by atoms with van der Waals surface area (Å²) in [6.45, 7) is 1.40. The Kier molecular flexibility index (Phi) is 2.53. The highest BCUT2D eigenvalue weighted by atomic mass is 16.3. The number of amides is 1. The van der Waals surface area contributed by atoms with Gasteiger partial charge < -0.3 is 5.32 Å². The standard InChI is InChI=1S/C8H8N2O2/c1-6(11)9-7-3-2-4-8(5-7)10-12/h2-5H,1H3,(H,9,11). The Morgan fingerprint density at radius 1 is 1.50 bits per heavy atom. The largest absolute Gasteiger partial charge is 0.326 e. The first kappa shape index (κ1) is 8.39. The lowest BCUT2D eigenvalue weighted by Crippen LogP contribution is -2.04. The second kappa shape index (κ2) is 3.61. The van der Waals surface area contributed by atoms with Crippen LogP contribution in [0.5, 0.6) is 0 Å². The van der Waals surface area contributed by atoms with Crippen LogP contribution in [0.15, 0.2) is 29.4 Å². The van der Waals surface area contributed by atoms with Crippen LogP contribution in [0, 0.1) is 4.91 Å². The number of carbonyl (C=O) groups excluding carboxylic acids is 1. The third kappa shape index (κ3) is 2.16. The highest BCUT2D eigenvalue weighted by Crippen LogP contribution is 2.16. The summed E-state index contributed by atoms with van der Waals surface area (Å²) in [4.78, 5) is 20.7. The minimum absolute atomic E-state index is 0.168. The van der Waals surface area contributed by atoms with Gasteiger partial charge in [0, 0.05) is 12.6 Å². The first-order chi connectivity index (χ1) is 5.72. The number of hydrogen-bond donors (Lipinski definition) is 1. The third-order valence-corrected chi connectivity index (χ3v) is 1.27. The summed E-state index contributed by atoms with van der Waals surface area (Å²) >= 11 is 0. The van der Waals surface area contributed by atoms with E-state index in [-0.39, 0.29) is 5.91 Å². The Bertz CT molecular complexity index is 310. The summed E-state index contributed by atoms with van der Waals surface area (Å²) in [5.41, 5.74) is 0.890. The molecule has 0 bridgehead atoms. The zero-order valence-corrected chi connectivity index (χ0v) is 6.57. The fourth-order valence-electron chi connectivity index (χ4n) is 0.844. The minimum Gasteiger partial charge on any atom is -0.326 e. The van der Waals surface area contributed by atoms with Crippen molar-refractivity contribution in [1.29, 1.82) is 0 Å². The second-order valence-electron chi connectivity index (χ2n) is 2.32. The summed E-state index contributed by atoms with van der Waals surface area (Å²) in [6.07, 6.45) is 0. The predicted molar refractivity (Wildman–Crippen MR) is 46.2 cm³/mol. The van der Waals surface area contributed by atoms with Crippen LogP contribution in [0.3, 0.4) is 0 Å². The molecule has 0 saturated heterocycles. The summed E-state index contributed by atoms with van der Waals surface area (Å²) in [6, 6.07) is 6.42. The number of hydrogen-bond acceptors (Lipinski definition) is 3. The molecular weight excluding hydrogens is 156 g/mol. The molecule has 1 aromatic rings. The van der Waals surface area contributed by atoms with E-state index in [0.29, 0.717) is 11.4 Å². The lowest BCUT2D eigenvalue weighted by Gasteiger charge is -2.00. The molecule has 4 nitrogen and oxygen atoms in total. The third-order valence-electron chi connectivity index (χ3n) is 1.27. The minimum atomic E-state index is -0.168. The quantitative estimate of drug-likeness (QED) is 0.680. The van der Waals surface area contributed by atoms with Crippen LogP contribution in [0.2, 0.25) is 0 Å². The predicted octanol–water partition coefficient (Wildman–Crippen LogP) is 2.04. The maximum Gasteiger partial charge on any atom is 0.221 e. The molecule has 4 heteroatoms. The van der Waals surface area contributed by atoms with Crippen LogP contribution in [0.1, 0.15) is 6.92 Å². The van der Waals surface area contributed by atoms with E-state index in [1.165, 1.54) is 13.0 Å². The summed E-state index contributed by atoms with van der Waals surface area (Å²) < 4.78 is 0. The van der Waals surface area contributed by atoms with Crippen LogP contribution in [-0.2, 0) is 4.79 Å². The fourth-order valence-corrected chi connectivity index (χ4v) is 0.844. The van der Waals surface area contributed by atoms with Gasteiger partial charge in [0.15, 0.2) is 0 Å². The lowest BCUT2D eigenvalue weighted by atomic mass is 10.3. The Morgan fingerprint density at radius 2 is 2.25 bits per heavy atom. The number of rotatable bonds is 2. The van der Waals surface area contributed by atoms with Gasteiger partial charge in [0.2, 0.25) is 5.91 Å². The number of carbonyl (C=O) groups is 1. The van der Waals surface area contributed by atoms with Gasteiger partial charge in [-0.25, -0.2) is 0 Å². The second-order valence-corrected chi connectivity index (χ2v) is 2.32. The molecule has 0 saturated carbocycles. The lowest BCUT2D eigenvalue weighted by molar-refractivity contribution is -0.114. The van der Waals surface area contributed by atoms with Crippen molar-refractivity contribution >= 4 is 17.3 Å². The number of benzene rings is 1. The fraction of sp³-hybridized carbons (Fsp3) is 0.125. The molecule has 0 aliphatic heterocycles. The van der Waals surface area contributed by atoms with Crippen molar-refractivity contribution in [3.05, 3.63) is 29.2 Å². The van der Waals surface area contributed by atoms with Gasteiger partial charge in [-0.1, -0.05) is 6.07 Å². The smallest absolute Gasteiger partial charge is 0.221 e. The van der Waals surface area contributed by atoms with Gasteiger partial charge in [-0.2, -0.15) is 0 Å². The van der Waals surface area contributed by atoms with Gasteiger partial charge in [-0.3, -0.25) is 4.79 Å². The van der Waals surface area contributed by atoms with Crippen molar-refractivity contribution in [3.8, 4) is 0 Å². The molecule has 1 aromatic carbocycles. The van der Waals surface area contributed by atoms with E-state index in [2.05, 4.69) is 10.5 Å². The molecule has 0 spiro atoms. The average molecular weight is 164 g/mol. The Hall–Kier alpha value is -1.71. The molecule has 0 aromatic heterocycles. The van der Waals surface area contributed by atoms with E-state index in [1.54, 1.807) is 18.2 Å². The van der Waals surface area contributed by atoms with Crippen molar-refractivity contribution in [3.63, 3.8) is 0 Å². The number of nitrogens with one attached hydrogen (secondary N) is 1. The number of anilines is 1. The van der Waals surface area contributed by atoms with E-state index in [9.17, 15) is 9.70 Å². The van der Waals surface area contributed by atoms with Gasteiger partial charge in [0.1, 0.15) is 5.69 Å². The van der Waals surface area contributed by atoms with E-state index in [0.717, 1.165) is 0 Å². The van der Waals surface area contributed by atoms with E-state index >= 15 is 0 Å². The van der Waals surface area contributed by atoms with Gasteiger partial charge >= 0.3 is 0 Å². The highest BCUT2D eigenvalue weighted by molar-refractivity contribution is 5.89. The molecule has 1 N–H and O–H groups in total. The average Bonchev–Trinajstić information content (AvgIpc) is 2.03. The molecule has 0 aliphatic rings. The van der Waals surface area contributed by atoms with E-state index < -0.39 is 0 Å². The van der Waals surface area contributed by atoms with Crippen molar-refractivity contribution in [1.82, 2.24) is 0 Å². The van der Waals surface area contributed by atoms with E-state index in [1.807, 2.05) is 0 Å². The summed E-state index contributed by atoms with van der Waals surface area (Å²) in [5, 5.41) is 5.28. The Labute approximate surface area is 69.6 Å². The highest BCUT2D eigenvalue weighted by Gasteiger charge is 1.96. The molecule has 1 rings (SSSR count). The summed E-state index contributed by atoms with van der Waals surface area (Å²) in [7, 11) is 0. The van der Waals surface area contributed by atoms with Crippen LogP contribution in [-0.4, -0.2) is 5.91 Å². The van der Waals surface area contributed by atoms with Crippen LogP contribution < -0.4 is 5.32 Å². The molecule has 1 amide bonds. The van der Waals surface area contributed by atoms with Crippen LogP contribution in [0.25, 0.3) is 0 Å². The van der Waals surface area contributed by atoms with Crippen molar-refractivity contribution < 1.29 is 4.79 Å².